The Kier molecular flexibility index (Phi) is 2.72. The maximum Gasteiger partial charge on any atom is 0.307 e. The normalized spacial score (nSPS) is 11.3. The van der Waals surface area contributed by atoms with E-state index in [-0.39, 0.29) is 6.42 Å². The molecule has 0 aliphatic rings. The van der Waals surface area contributed by atoms with E-state index in [0.29, 0.717) is 0 Å². The number of aromatic nitrogens is 1. The zero-order valence-electron chi connectivity index (χ0n) is 10.3. The number of benzene rings is 2. The Morgan fingerprint density at radius 3 is 2.68 bits per heavy atom. The Balaban J connectivity index is 2.28. The molecule has 1 aromatic heterocycles. The first-order valence-electron chi connectivity index (χ1n) is 5.97. The van der Waals surface area contributed by atoms with E-state index in [1.54, 1.807) is 0 Å². The highest BCUT2D eigenvalue weighted by atomic mass is 35.5. The first-order valence-corrected chi connectivity index (χ1v) is 6.34. The lowest BCUT2D eigenvalue weighted by Crippen LogP contribution is -1.99. The van der Waals surface area contributed by atoms with Crippen LogP contribution in [0.2, 0.25) is 5.02 Å². The smallest absolute Gasteiger partial charge is 0.307 e. The van der Waals surface area contributed by atoms with Crippen LogP contribution in [0.5, 0.6) is 0 Å². The van der Waals surface area contributed by atoms with Crippen LogP contribution >= 0.6 is 11.6 Å². The topological polar surface area (TPSA) is 53.1 Å². The molecule has 0 aliphatic carbocycles. The van der Waals surface area contributed by atoms with Crippen LogP contribution in [-0.4, -0.2) is 16.1 Å². The largest absolute Gasteiger partial charge is 0.481 e. The van der Waals surface area contributed by atoms with Crippen LogP contribution in [0.25, 0.3) is 21.8 Å². The van der Waals surface area contributed by atoms with Gasteiger partial charge in [0.2, 0.25) is 0 Å². The summed E-state index contributed by atoms with van der Waals surface area (Å²) in [5, 5.41) is 11.6. The maximum atomic E-state index is 10.8. The predicted octanol–water partition coefficient (Wildman–Crippen LogP) is 3.91. The number of rotatable bonds is 2. The van der Waals surface area contributed by atoms with Crippen LogP contribution in [0.3, 0.4) is 0 Å². The molecule has 0 saturated heterocycles. The molecule has 0 bridgehead atoms. The Morgan fingerprint density at radius 2 is 1.95 bits per heavy atom. The molecule has 0 radical (unpaired) electrons. The van der Waals surface area contributed by atoms with Crippen molar-refractivity contribution in [3.63, 3.8) is 0 Å². The van der Waals surface area contributed by atoms with Gasteiger partial charge in [-0.25, -0.2) is 0 Å². The molecule has 3 rings (SSSR count). The van der Waals surface area contributed by atoms with Crippen molar-refractivity contribution in [1.29, 1.82) is 0 Å². The lowest BCUT2D eigenvalue weighted by Gasteiger charge is -1.99. The maximum absolute atomic E-state index is 10.8. The van der Waals surface area contributed by atoms with E-state index in [4.69, 9.17) is 16.7 Å². The average molecular weight is 274 g/mol. The molecule has 1 heterocycles. The van der Waals surface area contributed by atoms with E-state index in [9.17, 15) is 4.79 Å². The SMILES string of the molecule is Cc1cc2[nH]c3ccc(CC(=O)O)cc3c2cc1Cl. The van der Waals surface area contributed by atoms with Crippen molar-refractivity contribution < 1.29 is 9.90 Å². The third-order valence-corrected chi connectivity index (χ3v) is 3.70. The number of carboxylic acid groups (broad SMARTS) is 1. The summed E-state index contributed by atoms with van der Waals surface area (Å²) in [5.41, 5.74) is 3.82. The third kappa shape index (κ3) is 2.06. The van der Waals surface area contributed by atoms with E-state index in [2.05, 4.69) is 4.98 Å². The number of carboxylic acids is 1. The molecular weight excluding hydrogens is 262 g/mol. The number of halogens is 1. The number of fused-ring (bicyclic) bond motifs is 3. The van der Waals surface area contributed by atoms with Crippen molar-refractivity contribution in [2.45, 2.75) is 13.3 Å². The van der Waals surface area contributed by atoms with Crippen molar-refractivity contribution in [2.75, 3.05) is 0 Å². The van der Waals surface area contributed by atoms with Crippen LogP contribution in [0, 0.1) is 6.92 Å². The molecule has 3 aromatic rings. The van der Waals surface area contributed by atoms with Crippen molar-refractivity contribution >= 4 is 39.4 Å². The molecule has 0 spiro atoms. The molecule has 0 fully saturated rings. The molecule has 19 heavy (non-hydrogen) atoms. The fourth-order valence-corrected chi connectivity index (χ4v) is 2.52. The summed E-state index contributed by atoms with van der Waals surface area (Å²) in [6.45, 7) is 1.96. The van der Waals surface area contributed by atoms with E-state index < -0.39 is 5.97 Å². The summed E-state index contributed by atoms with van der Waals surface area (Å²) in [6.07, 6.45) is 0.0300. The fraction of sp³-hybridized carbons (Fsp3) is 0.133. The Hall–Kier alpha value is -2.00. The predicted molar refractivity (Wildman–Crippen MR) is 76.9 cm³/mol. The lowest BCUT2D eigenvalue weighted by molar-refractivity contribution is -0.136. The lowest BCUT2D eigenvalue weighted by atomic mass is 10.1. The minimum absolute atomic E-state index is 0.0300. The van der Waals surface area contributed by atoms with E-state index in [0.717, 1.165) is 38.0 Å². The van der Waals surface area contributed by atoms with Crippen LogP contribution in [0.1, 0.15) is 11.1 Å². The van der Waals surface area contributed by atoms with Gasteiger partial charge in [0.1, 0.15) is 0 Å². The van der Waals surface area contributed by atoms with Crippen molar-refractivity contribution in [1.82, 2.24) is 4.98 Å². The second-order valence-corrected chi connectivity index (χ2v) is 5.13. The summed E-state index contributed by atoms with van der Waals surface area (Å²) in [5.74, 6) is -0.826. The highest BCUT2D eigenvalue weighted by molar-refractivity contribution is 6.32. The second-order valence-electron chi connectivity index (χ2n) is 4.72. The van der Waals surface area contributed by atoms with Gasteiger partial charge < -0.3 is 10.1 Å². The molecule has 2 N–H and O–H groups in total. The van der Waals surface area contributed by atoms with Gasteiger partial charge in [-0.3, -0.25) is 4.79 Å². The molecule has 0 amide bonds. The van der Waals surface area contributed by atoms with Crippen molar-refractivity contribution in [2.24, 2.45) is 0 Å². The van der Waals surface area contributed by atoms with Gasteiger partial charge in [0.15, 0.2) is 0 Å². The molecule has 4 heteroatoms. The number of H-pyrrole nitrogens is 1. The van der Waals surface area contributed by atoms with Crippen LogP contribution < -0.4 is 0 Å². The number of aliphatic carboxylic acids is 1. The zero-order valence-corrected chi connectivity index (χ0v) is 11.1. The number of aryl methyl sites for hydroxylation is 1. The molecule has 96 valence electrons. The summed E-state index contributed by atoms with van der Waals surface area (Å²) >= 11 is 6.16. The van der Waals surface area contributed by atoms with E-state index in [1.165, 1.54) is 0 Å². The molecule has 0 atom stereocenters. The van der Waals surface area contributed by atoms with Gasteiger partial charge in [-0.1, -0.05) is 17.7 Å². The molecule has 0 saturated carbocycles. The van der Waals surface area contributed by atoms with Crippen molar-refractivity contribution in [3.8, 4) is 0 Å². The molecule has 2 aromatic carbocycles. The number of nitrogens with one attached hydrogen (secondary N) is 1. The van der Waals surface area contributed by atoms with Gasteiger partial charge in [0, 0.05) is 26.8 Å². The first kappa shape index (κ1) is 12.1. The standard InChI is InChI=1S/C15H12ClNO2/c1-8-4-14-11(7-12(8)16)10-5-9(6-15(18)19)2-3-13(10)17-14/h2-5,7,17H,6H2,1H3,(H,18,19). The highest BCUT2D eigenvalue weighted by Crippen LogP contribution is 2.30. The number of aromatic amines is 1. The monoisotopic (exact) mass is 273 g/mol. The average Bonchev–Trinajstić information content (AvgIpc) is 2.67. The summed E-state index contributed by atoms with van der Waals surface area (Å²) in [4.78, 5) is 14.1. The van der Waals surface area contributed by atoms with E-state index >= 15 is 0 Å². The molecule has 0 aliphatic heterocycles. The van der Waals surface area contributed by atoms with E-state index in [1.807, 2.05) is 37.3 Å². The van der Waals surface area contributed by atoms with Crippen molar-refractivity contribution in [3.05, 3.63) is 46.5 Å². The molecule has 0 unspecified atom stereocenters. The molecule has 3 nitrogen and oxygen atoms in total. The van der Waals surface area contributed by atoms with Crippen LogP contribution in [-0.2, 0) is 11.2 Å². The van der Waals surface area contributed by atoms with Gasteiger partial charge in [0.25, 0.3) is 0 Å². The Bertz CT molecular complexity index is 805. The quantitative estimate of drug-likeness (QED) is 0.744. The number of hydrogen-bond donors (Lipinski definition) is 2. The van der Waals surface area contributed by atoms with Gasteiger partial charge in [0.05, 0.1) is 6.42 Å². The van der Waals surface area contributed by atoms with Gasteiger partial charge >= 0.3 is 5.97 Å². The number of carbonyl (C=O) groups is 1. The summed E-state index contributed by atoms with van der Waals surface area (Å²) in [7, 11) is 0. The summed E-state index contributed by atoms with van der Waals surface area (Å²) < 4.78 is 0. The van der Waals surface area contributed by atoms with Crippen LogP contribution in [0.15, 0.2) is 30.3 Å². The second kappa shape index (κ2) is 4.28. The van der Waals surface area contributed by atoms with Crippen LogP contribution in [0.4, 0.5) is 0 Å². The Morgan fingerprint density at radius 1 is 1.21 bits per heavy atom. The Labute approximate surface area is 114 Å². The minimum atomic E-state index is -0.826. The fourth-order valence-electron chi connectivity index (χ4n) is 2.36. The first-order chi connectivity index (χ1) is 9.04. The van der Waals surface area contributed by atoms with Gasteiger partial charge in [-0.15, -0.1) is 0 Å². The van der Waals surface area contributed by atoms with Gasteiger partial charge in [-0.2, -0.15) is 0 Å². The molecular formula is C15H12ClNO2. The van der Waals surface area contributed by atoms with Gasteiger partial charge in [-0.05, 0) is 42.3 Å². The summed E-state index contributed by atoms with van der Waals surface area (Å²) in [6, 6.07) is 9.59. The highest BCUT2D eigenvalue weighted by Gasteiger charge is 2.08. The number of hydrogen-bond acceptors (Lipinski definition) is 1. The zero-order chi connectivity index (χ0) is 13.6. The minimum Gasteiger partial charge on any atom is -0.481 e. The third-order valence-electron chi connectivity index (χ3n) is 3.30.